The standard InChI is InChI=1S/C19H18N2OS2/c1-13-10-14-6-2-4-8-16(14)21(13)19(22)12-23-11-18-20-15-7-3-5-9-17(15)24-18/h2-9,13H,10-12H2,1H3. The van der Waals surface area contributed by atoms with Crippen LogP contribution in [0.25, 0.3) is 10.2 Å². The molecule has 5 heteroatoms. The molecule has 2 heterocycles. The zero-order valence-electron chi connectivity index (χ0n) is 13.4. The molecule has 0 spiro atoms. The van der Waals surface area contributed by atoms with Gasteiger partial charge in [0.25, 0.3) is 0 Å². The molecule has 0 saturated heterocycles. The van der Waals surface area contributed by atoms with Crippen LogP contribution in [-0.2, 0) is 17.0 Å². The largest absolute Gasteiger partial charge is 0.308 e. The second-order valence-electron chi connectivity index (χ2n) is 6.01. The van der Waals surface area contributed by atoms with E-state index in [1.54, 1.807) is 23.1 Å². The van der Waals surface area contributed by atoms with Gasteiger partial charge in [0.15, 0.2) is 0 Å². The molecule has 0 N–H and O–H groups in total. The summed E-state index contributed by atoms with van der Waals surface area (Å²) >= 11 is 3.36. The molecule has 1 aliphatic heterocycles. The van der Waals surface area contributed by atoms with Gasteiger partial charge in [0.2, 0.25) is 5.91 Å². The number of thiazole rings is 1. The smallest absolute Gasteiger partial charge is 0.237 e. The number of aromatic nitrogens is 1. The molecule has 24 heavy (non-hydrogen) atoms. The van der Waals surface area contributed by atoms with Crippen molar-refractivity contribution in [1.82, 2.24) is 4.98 Å². The number of hydrogen-bond acceptors (Lipinski definition) is 4. The van der Waals surface area contributed by atoms with Crippen molar-refractivity contribution in [1.29, 1.82) is 0 Å². The molecule has 122 valence electrons. The highest BCUT2D eigenvalue weighted by atomic mass is 32.2. The third-order valence-electron chi connectivity index (χ3n) is 4.27. The maximum absolute atomic E-state index is 12.7. The predicted octanol–water partition coefficient (Wildman–Crippen LogP) is 4.51. The van der Waals surface area contributed by atoms with E-state index in [-0.39, 0.29) is 11.9 Å². The van der Waals surface area contributed by atoms with Crippen LogP contribution in [0.15, 0.2) is 48.5 Å². The first-order valence-electron chi connectivity index (χ1n) is 8.04. The van der Waals surface area contributed by atoms with Gasteiger partial charge in [-0.3, -0.25) is 4.79 Å². The molecule has 0 saturated carbocycles. The van der Waals surface area contributed by atoms with Crippen LogP contribution < -0.4 is 4.90 Å². The van der Waals surface area contributed by atoms with Gasteiger partial charge in [-0.05, 0) is 37.1 Å². The van der Waals surface area contributed by atoms with Gasteiger partial charge in [0, 0.05) is 17.5 Å². The van der Waals surface area contributed by atoms with Gasteiger partial charge in [-0.2, -0.15) is 0 Å². The summed E-state index contributed by atoms with van der Waals surface area (Å²) in [7, 11) is 0. The second-order valence-corrected chi connectivity index (χ2v) is 8.11. The lowest BCUT2D eigenvalue weighted by molar-refractivity contribution is -0.116. The van der Waals surface area contributed by atoms with E-state index in [2.05, 4.69) is 30.1 Å². The Hall–Kier alpha value is -1.85. The van der Waals surface area contributed by atoms with E-state index < -0.39 is 0 Å². The first-order valence-corrected chi connectivity index (χ1v) is 10.0. The van der Waals surface area contributed by atoms with Crippen LogP contribution in [0.1, 0.15) is 17.5 Å². The van der Waals surface area contributed by atoms with Gasteiger partial charge in [-0.25, -0.2) is 4.98 Å². The van der Waals surface area contributed by atoms with Gasteiger partial charge in [-0.1, -0.05) is 30.3 Å². The van der Waals surface area contributed by atoms with E-state index in [1.807, 2.05) is 35.2 Å². The molecular weight excluding hydrogens is 336 g/mol. The van der Waals surface area contributed by atoms with Gasteiger partial charge in [-0.15, -0.1) is 23.1 Å². The van der Waals surface area contributed by atoms with Crippen molar-refractivity contribution in [2.45, 2.75) is 25.1 Å². The van der Waals surface area contributed by atoms with Gasteiger partial charge < -0.3 is 4.90 Å². The fourth-order valence-corrected chi connectivity index (χ4v) is 5.13. The monoisotopic (exact) mass is 354 g/mol. The van der Waals surface area contributed by atoms with E-state index in [0.717, 1.165) is 28.4 Å². The molecule has 0 radical (unpaired) electrons. The Morgan fingerprint density at radius 1 is 1.25 bits per heavy atom. The average molecular weight is 354 g/mol. The van der Waals surface area contributed by atoms with Gasteiger partial charge in [0.05, 0.1) is 16.0 Å². The average Bonchev–Trinajstić information content (AvgIpc) is 3.13. The predicted molar refractivity (Wildman–Crippen MR) is 103 cm³/mol. The lowest BCUT2D eigenvalue weighted by atomic mass is 10.1. The number of para-hydroxylation sites is 2. The van der Waals surface area contributed by atoms with E-state index in [4.69, 9.17) is 0 Å². The van der Waals surface area contributed by atoms with Crippen LogP contribution in [-0.4, -0.2) is 22.7 Å². The van der Waals surface area contributed by atoms with E-state index in [9.17, 15) is 4.79 Å². The van der Waals surface area contributed by atoms with E-state index in [1.165, 1.54) is 10.3 Å². The lowest BCUT2D eigenvalue weighted by Crippen LogP contribution is -2.37. The minimum Gasteiger partial charge on any atom is -0.308 e. The maximum Gasteiger partial charge on any atom is 0.237 e. The second kappa shape index (κ2) is 6.57. The number of benzene rings is 2. The van der Waals surface area contributed by atoms with Crippen molar-refractivity contribution in [3.63, 3.8) is 0 Å². The van der Waals surface area contributed by atoms with Crippen LogP contribution in [0.5, 0.6) is 0 Å². The zero-order valence-corrected chi connectivity index (χ0v) is 15.1. The highest BCUT2D eigenvalue weighted by molar-refractivity contribution is 7.99. The Labute approximate surface area is 149 Å². The summed E-state index contributed by atoms with van der Waals surface area (Å²) in [5, 5.41) is 1.09. The summed E-state index contributed by atoms with van der Waals surface area (Å²) in [4.78, 5) is 19.3. The summed E-state index contributed by atoms with van der Waals surface area (Å²) in [6.07, 6.45) is 0.949. The molecule has 1 amide bonds. The summed E-state index contributed by atoms with van der Waals surface area (Å²) in [6, 6.07) is 16.6. The third kappa shape index (κ3) is 2.94. The number of nitrogens with zero attached hydrogens (tertiary/aromatic N) is 2. The van der Waals surface area contributed by atoms with Crippen molar-refractivity contribution in [2.75, 3.05) is 10.7 Å². The quantitative estimate of drug-likeness (QED) is 0.691. The topological polar surface area (TPSA) is 33.2 Å². The number of anilines is 1. The number of fused-ring (bicyclic) bond motifs is 2. The Balaban J connectivity index is 1.40. The van der Waals surface area contributed by atoms with Crippen LogP contribution >= 0.6 is 23.1 Å². The first kappa shape index (κ1) is 15.7. The number of carbonyl (C=O) groups excluding carboxylic acids is 1. The summed E-state index contributed by atoms with van der Waals surface area (Å²) < 4.78 is 1.21. The molecule has 2 aromatic carbocycles. The Morgan fingerprint density at radius 2 is 2.04 bits per heavy atom. The maximum atomic E-state index is 12.7. The van der Waals surface area contributed by atoms with Crippen molar-refractivity contribution >= 4 is 44.9 Å². The Bertz CT molecular complexity index is 857. The number of amides is 1. The molecule has 0 aliphatic carbocycles. The molecule has 0 fully saturated rings. The van der Waals surface area contributed by atoms with Crippen LogP contribution in [0.4, 0.5) is 5.69 Å². The van der Waals surface area contributed by atoms with Crippen molar-refractivity contribution < 1.29 is 4.79 Å². The Morgan fingerprint density at radius 3 is 2.92 bits per heavy atom. The molecule has 1 atom stereocenters. The van der Waals surface area contributed by atoms with Crippen molar-refractivity contribution in [2.24, 2.45) is 0 Å². The van der Waals surface area contributed by atoms with Gasteiger partial charge >= 0.3 is 0 Å². The fourth-order valence-electron chi connectivity index (χ4n) is 3.22. The number of thioether (sulfide) groups is 1. The summed E-state index contributed by atoms with van der Waals surface area (Å²) in [5.74, 6) is 1.47. The number of carbonyl (C=O) groups is 1. The fraction of sp³-hybridized carbons (Fsp3) is 0.263. The highest BCUT2D eigenvalue weighted by Crippen LogP contribution is 2.32. The molecule has 1 aliphatic rings. The van der Waals surface area contributed by atoms with Crippen LogP contribution in [0, 0.1) is 0 Å². The van der Waals surface area contributed by atoms with E-state index in [0.29, 0.717) is 5.75 Å². The first-order chi connectivity index (χ1) is 11.7. The molecule has 3 aromatic rings. The van der Waals surface area contributed by atoms with Crippen LogP contribution in [0.2, 0.25) is 0 Å². The highest BCUT2D eigenvalue weighted by Gasteiger charge is 2.30. The van der Waals surface area contributed by atoms with E-state index >= 15 is 0 Å². The summed E-state index contributed by atoms with van der Waals surface area (Å²) in [5.41, 5.74) is 3.40. The Kier molecular flexibility index (Phi) is 4.29. The minimum absolute atomic E-state index is 0.193. The SMILES string of the molecule is CC1Cc2ccccc2N1C(=O)CSCc1nc2ccccc2s1. The molecule has 1 aromatic heterocycles. The summed E-state index contributed by atoms with van der Waals surface area (Å²) in [6.45, 7) is 2.12. The zero-order chi connectivity index (χ0) is 16.5. The third-order valence-corrected chi connectivity index (χ3v) is 6.41. The van der Waals surface area contributed by atoms with Crippen LogP contribution in [0.3, 0.4) is 0 Å². The van der Waals surface area contributed by atoms with Crippen molar-refractivity contribution in [3.8, 4) is 0 Å². The normalized spacial score (nSPS) is 16.5. The lowest BCUT2D eigenvalue weighted by Gasteiger charge is -2.22. The number of rotatable bonds is 4. The molecule has 0 bridgehead atoms. The molecule has 3 nitrogen and oxygen atoms in total. The molecule has 4 rings (SSSR count). The molecule has 1 unspecified atom stereocenters. The molecular formula is C19H18N2OS2. The van der Waals surface area contributed by atoms with Gasteiger partial charge in [0.1, 0.15) is 5.01 Å². The minimum atomic E-state index is 0.193. The van der Waals surface area contributed by atoms with Crippen molar-refractivity contribution in [3.05, 3.63) is 59.1 Å². The number of hydrogen-bond donors (Lipinski definition) is 0.